The molecule has 1 fully saturated rings. The highest BCUT2D eigenvalue weighted by Gasteiger charge is 2.37. The molecule has 3 nitrogen and oxygen atoms in total. The van der Waals surface area contributed by atoms with Gasteiger partial charge in [0.25, 0.3) is 0 Å². The van der Waals surface area contributed by atoms with Gasteiger partial charge in [-0.1, -0.05) is 12.8 Å². The van der Waals surface area contributed by atoms with Crippen molar-refractivity contribution >= 4 is 28.3 Å². The van der Waals surface area contributed by atoms with Crippen LogP contribution in [-0.2, 0) is 6.18 Å². The zero-order valence-corrected chi connectivity index (χ0v) is 11.3. The third-order valence-corrected chi connectivity index (χ3v) is 4.43. The van der Waals surface area contributed by atoms with Crippen molar-refractivity contribution in [1.29, 1.82) is 0 Å². The summed E-state index contributed by atoms with van der Waals surface area (Å²) in [6.45, 7) is 0. The maximum absolute atomic E-state index is 12.4. The van der Waals surface area contributed by atoms with E-state index >= 15 is 0 Å². The molecule has 8 heteroatoms. The predicted octanol–water partition coefficient (Wildman–Crippen LogP) is 3.54. The highest BCUT2D eigenvalue weighted by atomic mass is 35.5. The van der Waals surface area contributed by atoms with Crippen LogP contribution in [-0.4, -0.2) is 27.8 Å². The molecule has 0 radical (unpaired) electrons. The summed E-state index contributed by atoms with van der Waals surface area (Å²) in [5.74, 6) is -1.07. The van der Waals surface area contributed by atoms with Crippen LogP contribution >= 0.6 is 23.1 Å². The number of hydrogen-bond acceptors (Lipinski definition) is 4. The normalized spacial score (nSPS) is 25.2. The van der Waals surface area contributed by atoms with E-state index in [0.717, 1.165) is 37.2 Å². The molecule has 1 aliphatic rings. The van der Waals surface area contributed by atoms with E-state index in [4.69, 9.17) is 11.6 Å². The van der Waals surface area contributed by atoms with Gasteiger partial charge in [0.15, 0.2) is 0 Å². The lowest BCUT2D eigenvalue weighted by Gasteiger charge is -2.34. The molecular formula is C10H13ClF3N3S. The molecule has 2 rings (SSSR count). The number of anilines is 1. The lowest BCUT2D eigenvalue weighted by Crippen LogP contribution is -2.41. The fraction of sp³-hybridized carbons (Fsp3) is 0.800. The molecule has 1 aromatic heterocycles. The molecule has 1 saturated carbocycles. The zero-order chi connectivity index (χ0) is 13.3. The van der Waals surface area contributed by atoms with Gasteiger partial charge in [-0.2, -0.15) is 22.5 Å². The minimum absolute atomic E-state index is 0.0365. The van der Waals surface area contributed by atoms with E-state index in [-0.39, 0.29) is 16.6 Å². The molecule has 1 aromatic rings. The van der Waals surface area contributed by atoms with Crippen molar-refractivity contribution in [1.82, 2.24) is 9.36 Å². The van der Waals surface area contributed by atoms with Gasteiger partial charge in [-0.15, -0.1) is 11.6 Å². The first-order valence-corrected chi connectivity index (χ1v) is 6.88. The number of rotatable bonds is 2. The molecule has 0 N–H and O–H groups in total. The fourth-order valence-corrected chi connectivity index (χ4v) is 3.27. The highest BCUT2D eigenvalue weighted by Crippen LogP contribution is 2.33. The first-order chi connectivity index (χ1) is 8.39. The van der Waals surface area contributed by atoms with Crippen LogP contribution < -0.4 is 4.90 Å². The molecule has 18 heavy (non-hydrogen) atoms. The number of alkyl halides is 4. The average Bonchev–Trinajstić information content (AvgIpc) is 2.77. The Morgan fingerprint density at radius 2 is 2.00 bits per heavy atom. The Bertz CT molecular complexity index is 409. The van der Waals surface area contributed by atoms with Crippen LogP contribution in [0.15, 0.2) is 0 Å². The number of nitrogens with zero attached hydrogens (tertiary/aromatic N) is 3. The molecule has 102 valence electrons. The molecule has 0 spiro atoms. The van der Waals surface area contributed by atoms with Crippen molar-refractivity contribution in [3.05, 3.63) is 5.82 Å². The largest absolute Gasteiger partial charge is 0.452 e. The molecular weight excluding hydrogens is 287 g/mol. The van der Waals surface area contributed by atoms with E-state index < -0.39 is 12.0 Å². The van der Waals surface area contributed by atoms with Crippen LogP contribution in [0.2, 0.25) is 0 Å². The summed E-state index contributed by atoms with van der Waals surface area (Å²) in [5, 5.41) is 0.238. The van der Waals surface area contributed by atoms with E-state index in [1.165, 1.54) is 0 Å². The van der Waals surface area contributed by atoms with E-state index in [1.54, 1.807) is 11.9 Å². The zero-order valence-electron chi connectivity index (χ0n) is 9.74. The van der Waals surface area contributed by atoms with E-state index in [2.05, 4.69) is 9.36 Å². The molecule has 0 amide bonds. The van der Waals surface area contributed by atoms with Gasteiger partial charge in [-0.25, -0.2) is 0 Å². The minimum Gasteiger partial charge on any atom is -0.345 e. The second-order valence-electron chi connectivity index (χ2n) is 4.38. The lowest BCUT2D eigenvalue weighted by atomic mass is 9.94. The summed E-state index contributed by atoms with van der Waals surface area (Å²) in [7, 11) is 1.73. The fourth-order valence-electron chi connectivity index (χ4n) is 2.12. The summed E-state index contributed by atoms with van der Waals surface area (Å²) < 4.78 is 40.6. The van der Waals surface area contributed by atoms with Gasteiger partial charge in [0.1, 0.15) is 0 Å². The molecule has 0 aromatic carbocycles. The van der Waals surface area contributed by atoms with Crippen LogP contribution in [0.4, 0.5) is 18.3 Å². The van der Waals surface area contributed by atoms with Gasteiger partial charge in [0.2, 0.25) is 11.0 Å². The smallest absolute Gasteiger partial charge is 0.345 e. The van der Waals surface area contributed by atoms with Crippen molar-refractivity contribution in [3.63, 3.8) is 0 Å². The Morgan fingerprint density at radius 3 is 2.56 bits per heavy atom. The monoisotopic (exact) mass is 299 g/mol. The Labute approximate surface area is 112 Å². The molecule has 1 aliphatic carbocycles. The SMILES string of the molecule is CN(c1nc(C(F)(F)F)ns1)C1CCCCC1Cl. The highest BCUT2D eigenvalue weighted by molar-refractivity contribution is 7.09. The molecule has 0 aliphatic heterocycles. The topological polar surface area (TPSA) is 29.0 Å². The van der Waals surface area contributed by atoms with E-state index in [9.17, 15) is 13.2 Å². The minimum atomic E-state index is -4.48. The van der Waals surface area contributed by atoms with Crippen molar-refractivity contribution in [2.45, 2.75) is 43.3 Å². The number of halogens is 4. The summed E-state index contributed by atoms with van der Waals surface area (Å²) in [4.78, 5) is 5.27. The maximum atomic E-state index is 12.4. The molecule has 0 saturated heterocycles. The van der Waals surface area contributed by atoms with Crippen LogP contribution in [0.5, 0.6) is 0 Å². The Balaban J connectivity index is 2.13. The molecule has 2 atom stereocenters. The van der Waals surface area contributed by atoms with Crippen LogP contribution in [0.25, 0.3) is 0 Å². The van der Waals surface area contributed by atoms with Gasteiger partial charge in [-0.3, -0.25) is 0 Å². The molecule has 2 unspecified atom stereocenters. The summed E-state index contributed by atoms with van der Waals surface area (Å²) >= 11 is 6.98. The third-order valence-electron chi connectivity index (χ3n) is 3.12. The van der Waals surface area contributed by atoms with E-state index in [1.807, 2.05) is 0 Å². The van der Waals surface area contributed by atoms with Gasteiger partial charge in [0.05, 0.1) is 5.38 Å². The first kappa shape index (κ1) is 13.9. The van der Waals surface area contributed by atoms with Crippen molar-refractivity contribution in [2.24, 2.45) is 0 Å². The van der Waals surface area contributed by atoms with Crippen molar-refractivity contribution < 1.29 is 13.2 Å². The molecule has 1 heterocycles. The van der Waals surface area contributed by atoms with Gasteiger partial charge >= 0.3 is 6.18 Å². The van der Waals surface area contributed by atoms with Crippen molar-refractivity contribution in [2.75, 3.05) is 11.9 Å². The Hall–Kier alpha value is -0.560. The molecule has 0 bridgehead atoms. The maximum Gasteiger partial charge on any atom is 0.452 e. The predicted molar refractivity (Wildman–Crippen MR) is 65.2 cm³/mol. The third kappa shape index (κ3) is 2.88. The lowest BCUT2D eigenvalue weighted by molar-refractivity contribution is -0.144. The standard InChI is InChI=1S/C10H13ClF3N3S/c1-17(7-5-3-2-4-6(7)11)9-15-8(16-18-9)10(12,13)14/h6-7H,2-5H2,1H3. The summed E-state index contributed by atoms with van der Waals surface area (Å²) in [5.41, 5.74) is 0. The summed E-state index contributed by atoms with van der Waals surface area (Å²) in [6, 6.07) is 0.0365. The Morgan fingerprint density at radius 1 is 1.33 bits per heavy atom. The van der Waals surface area contributed by atoms with Crippen LogP contribution in [0.1, 0.15) is 31.5 Å². The average molecular weight is 300 g/mol. The quantitative estimate of drug-likeness (QED) is 0.782. The van der Waals surface area contributed by atoms with Gasteiger partial charge in [0, 0.05) is 24.6 Å². The number of hydrogen-bond donors (Lipinski definition) is 0. The van der Waals surface area contributed by atoms with Crippen LogP contribution in [0, 0.1) is 0 Å². The van der Waals surface area contributed by atoms with Crippen LogP contribution in [0.3, 0.4) is 0 Å². The second kappa shape index (κ2) is 5.21. The van der Waals surface area contributed by atoms with E-state index in [0.29, 0.717) is 0 Å². The van der Waals surface area contributed by atoms with Crippen molar-refractivity contribution in [3.8, 4) is 0 Å². The summed E-state index contributed by atoms with van der Waals surface area (Å²) in [6.07, 6.45) is -0.596. The number of aromatic nitrogens is 2. The first-order valence-electron chi connectivity index (χ1n) is 5.67. The Kier molecular flexibility index (Phi) is 4.01. The second-order valence-corrected chi connectivity index (χ2v) is 5.67. The van der Waals surface area contributed by atoms with Gasteiger partial charge in [-0.05, 0) is 12.8 Å². The van der Waals surface area contributed by atoms with Gasteiger partial charge < -0.3 is 4.90 Å².